The summed E-state index contributed by atoms with van der Waals surface area (Å²) in [6.45, 7) is 5.15. The quantitative estimate of drug-likeness (QED) is 0.632. The van der Waals surface area contributed by atoms with Gasteiger partial charge in [-0.1, -0.05) is 32.0 Å². The summed E-state index contributed by atoms with van der Waals surface area (Å²) in [5.41, 5.74) is 0.452. The zero-order valence-corrected chi connectivity index (χ0v) is 18.0. The predicted octanol–water partition coefficient (Wildman–Crippen LogP) is 3.54. The Morgan fingerprint density at radius 3 is 2.10 bits per heavy atom. The Hall–Kier alpha value is -2.16. The van der Waals surface area contributed by atoms with Crippen molar-refractivity contribution in [2.45, 2.75) is 30.1 Å². The van der Waals surface area contributed by atoms with Gasteiger partial charge in [0.05, 0.1) is 15.3 Å². The number of nitrogens with zero attached hydrogens (tertiary/aromatic N) is 2. The molecule has 0 bridgehead atoms. The second-order valence-corrected chi connectivity index (χ2v) is 11.7. The van der Waals surface area contributed by atoms with Crippen molar-refractivity contribution < 1.29 is 16.8 Å². The summed E-state index contributed by atoms with van der Waals surface area (Å²) in [6, 6.07) is 14.4. The van der Waals surface area contributed by atoms with E-state index in [2.05, 4.69) is 13.8 Å². The van der Waals surface area contributed by atoms with E-state index >= 15 is 0 Å². The highest BCUT2D eigenvalue weighted by Crippen LogP contribution is 2.29. The van der Waals surface area contributed by atoms with Crippen molar-refractivity contribution in [2.24, 2.45) is 11.8 Å². The number of benzene rings is 2. The van der Waals surface area contributed by atoms with Crippen LogP contribution in [0.15, 0.2) is 70.6 Å². The number of aromatic nitrogens is 1. The Kier molecular flexibility index (Phi) is 5.04. The lowest BCUT2D eigenvalue weighted by atomic mass is 9.94. The van der Waals surface area contributed by atoms with Crippen LogP contribution < -0.4 is 0 Å². The molecule has 6 nitrogen and oxygen atoms in total. The van der Waals surface area contributed by atoms with Crippen LogP contribution in [0.1, 0.15) is 20.3 Å². The maximum absolute atomic E-state index is 13.1. The van der Waals surface area contributed by atoms with E-state index < -0.39 is 20.0 Å². The maximum atomic E-state index is 13.1. The molecule has 0 radical (unpaired) electrons. The molecule has 0 N–H and O–H groups in total. The van der Waals surface area contributed by atoms with E-state index in [4.69, 9.17) is 0 Å². The molecule has 29 heavy (non-hydrogen) atoms. The van der Waals surface area contributed by atoms with Gasteiger partial charge < -0.3 is 0 Å². The van der Waals surface area contributed by atoms with Gasteiger partial charge in [-0.2, -0.15) is 4.31 Å². The Morgan fingerprint density at radius 2 is 1.45 bits per heavy atom. The van der Waals surface area contributed by atoms with Crippen molar-refractivity contribution in [2.75, 3.05) is 13.1 Å². The molecule has 0 amide bonds. The molecule has 0 aliphatic carbocycles. The predicted molar refractivity (Wildman–Crippen MR) is 113 cm³/mol. The van der Waals surface area contributed by atoms with Gasteiger partial charge in [-0.15, -0.1) is 0 Å². The lowest BCUT2D eigenvalue weighted by Gasteiger charge is -2.34. The molecule has 0 unspecified atom stereocenters. The van der Waals surface area contributed by atoms with E-state index in [1.54, 1.807) is 52.8 Å². The monoisotopic (exact) mass is 432 g/mol. The van der Waals surface area contributed by atoms with E-state index in [0.717, 1.165) is 6.42 Å². The van der Waals surface area contributed by atoms with E-state index in [9.17, 15) is 16.8 Å². The van der Waals surface area contributed by atoms with Crippen molar-refractivity contribution in [3.05, 3.63) is 60.8 Å². The molecule has 0 saturated carbocycles. The van der Waals surface area contributed by atoms with Gasteiger partial charge in [-0.25, -0.2) is 20.8 Å². The normalized spacial score (nSPS) is 21.4. The van der Waals surface area contributed by atoms with Gasteiger partial charge in [-0.3, -0.25) is 0 Å². The van der Waals surface area contributed by atoms with Crippen LogP contribution in [0.4, 0.5) is 0 Å². The molecule has 2 heterocycles. The van der Waals surface area contributed by atoms with Gasteiger partial charge in [0.25, 0.3) is 10.0 Å². The summed E-state index contributed by atoms with van der Waals surface area (Å²) >= 11 is 0. The smallest absolute Gasteiger partial charge is 0.241 e. The summed E-state index contributed by atoms with van der Waals surface area (Å²) in [5.74, 6) is 0.628. The summed E-state index contributed by atoms with van der Waals surface area (Å²) in [6.07, 6.45) is 2.49. The lowest BCUT2D eigenvalue weighted by Crippen LogP contribution is -2.42. The second kappa shape index (κ2) is 7.27. The van der Waals surface area contributed by atoms with Gasteiger partial charge >= 0.3 is 0 Å². The first-order chi connectivity index (χ1) is 13.7. The van der Waals surface area contributed by atoms with Crippen LogP contribution in [0.25, 0.3) is 10.9 Å². The first kappa shape index (κ1) is 20.1. The van der Waals surface area contributed by atoms with Gasteiger partial charge in [0.1, 0.15) is 0 Å². The molecule has 4 rings (SSSR count). The van der Waals surface area contributed by atoms with Crippen molar-refractivity contribution in [1.29, 1.82) is 0 Å². The van der Waals surface area contributed by atoms with Gasteiger partial charge in [0, 0.05) is 24.7 Å². The fraction of sp³-hybridized carbons (Fsp3) is 0.333. The second-order valence-electron chi connectivity index (χ2n) is 7.92. The average Bonchev–Trinajstić information content (AvgIpc) is 3.12. The number of hydrogen-bond acceptors (Lipinski definition) is 4. The molecule has 3 aromatic rings. The van der Waals surface area contributed by atoms with Crippen molar-refractivity contribution in [3.63, 3.8) is 0 Å². The van der Waals surface area contributed by atoms with Crippen LogP contribution in [0.3, 0.4) is 0 Å². The maximum Gasteiger partial charge on any atom is 0.268 e. The van der Waals surface area contributed by atoms with E-state index in [0.29, 0.717) is 35.8 Å². The third-order valence-electron chi connectivity index (χ3n) is 5.40. The highest BCUT2D eigenvalue weighted by Gasteiger charge is 2.32. The average molecular weight is 433 g/mol. The van der Waals surface area contributed by atoms with Crippen LogP contribution in [-0.4, -0.2) is 38.2 Å². The van der Waals surface area contributed by atoms with Crippen molar-refractivity contribution in [3.8, 4) is 0 Å². The van der Waals surface area contributed by atoms with E-state index in [-0.39, 0.29) is 9.79 Å². The number of rotatable bonds is 4. The molecule has 0 spiro atoms. The fourth-order valence-electron chi connectivity index (χ4n) is 4.12. The number of piperidine rings is 1. The topological polar surface area (TPSA) is 76.5 Å². The van der Waals surface area contributed by atoms with Crippen LogP contribution >= 0.6 is 0 Å². The molecule has 1 aromatic heterocycles. The van der Waals surface area contributed by atoms with Crippen LogP contribution in [0, 0.1) is 11.8 Å². The first-order valence-electron chi connectivity index (χ1n) is 9.61. The Morgan fingerprint density at radius 1 is 0.793 bits per heavy atom. The summed E-state index contributed by atoms with van der Waals surface area (Å²) < 4.78 is 54.9. The summed E-state index contributed by atoms with van der Waals surface area (Å²) in [7, 11) is -7.37. The first-order valence-corrected chi connectivity index (χ1v) is 12.5. The summed E-state index contributed by atoms with van der Waals surface area (Å²) in [4.78, 5) is 0.381. The molecule has 1 saturated heterocycles. The fourth-order valence-corrected chi connectivity index (χ4v) is 7.21. The molecule has 2 atom stereocenters. The molecule has 1 aliphatic heterocycles. The Labute approximate surface area is 171 Å². The number of sulfonamides is 1. The highest BCUT2D eigenvalue weighted by molar-refractivity contribution is 7.90. The van der Waals surface area contributed by atoms with E-state index in [1.807, 2.05) is 0 Å². The minimum absolute atomic E-state index is 0.186. The third kappa shape index (κ3) is 3.60. The molecule has 2 aromatic carbocycles. The van der Waals surface area contributed by atoms with Crippen LogP contribution in [0.5, 0.6) is 0 Å². The zero-order chi connectivity index (χ0) is 20.8. The SMILES string of the molecule is C[C@@H]1C[C@H](C)CN(S(=O)(=O)c2ccc3c(ccn3S(=O)(=O)c3ccccc3)c2)C1. The highest BCUT2D eigenvalue weighted by atomic mass is 32.2. The van der Waals surface area contributed by atoms with Gasteiger partial charge in [0.15, 0.2) is 0 Å². The molecular formula is C21H24N2O4S2. The van der Waals surface area contributed by atoms with E-state index in [1.165, 1.54) is 16.2 Å². The van der Waals surface area contributed by atoms with Crippen LogP contribution in [-0.2, 0) is 20.0 Å². The standard InChI is InChI=1S/C21H24N2O4S2/c1-16-12-17(2)15-22(14-16)28(24,25)20-8-9-21-18(13-20)10-11-23(21)29(26,27)19-6-4-3-5-7-19/h3-11,13,16-17H,12,14-15H2,1-2H3/t16-,17+. The number of hydrogen-bond donors (Lipinski definition) is 0. The third-order valence-corrected chi connectivity index (χ3v) is 8.93. The molecule has 1 fully saturated rings. The Balaban J connectivity index is 1.74. The number of fused-ring (bicyclic) bond motifs is 1. The van der Waals surface area contributed by atoms with Crippen molar-refractivity contribution >= 4 is 30.9 Å². The molecular weight excluding hydrogens is 408 g/mol. The minimum atomic E-state index is -3.75. The van der Waals surface area contributed by atoms with Gasteiger partial charge in [0.2, 0.25) is 10.0 Å². The van der Waals surface area contributed by atoms with Crippen molar-refractivity contribution in [1.82, 2.24) is 8.28 Å². The largest absolute Gasteiger partial charge is 0.268 e. The molecule has 1 aliphatic rings. The van der Waals surface area contributed by atoms with Crippen LogP contribution in [0.2, 0.25) is 0 Å². The molecule has 8 heteroatoms. The Bertz CT molecular complexity index is 1240. The zero-order valence-electron chi connectivity index (χ0n) is 16.4. The molecule has 154 valence electrons. The lowest BCUT2D eigenvalue weighted by molar-refractivity contribution is 0.222. The minimum Gasteiger partial charge on any atom is -0.241 e. The summed E-state index contributed by atoms with van der Waals surface area (Å²) in [5, 5.41) is 0.573. The van der Waals surface area contributed by atoms with Gasteiger partial charge in [-0.05, 0) is 54.7 Å².